The Hall–Kier alpha value is -0.0800. The van der Waals surface area contributed by atoms with Crippen LogP contribution in [0.25, 0.3) is 0 Å². The lowest BCUT2D eigenvalue weighted by atomic mass is 9.96. The second-order valence-corrected chi connectivity index (χ2v) is 4.77. The molecule has 0 spiro atoms. The summed E-state index contributed by atoms with van der Waals surface area (Å²) in [6.07, 6.45) is 6.04. The molecule has 0 radical (unpaired) electrons. The van der Waals surface area contributed by atoms with E-state index in [4.69, 9.17) is 4.74 Å². The van der Waals surface area contributed by atoms with Gasteiger partial charge in [-0.1, -0.05) is 20.8 Å². The minimum atomic E-state index is 0.430. The molecule has 1 N–H and O–H groups in total. The van der Waals surface area contributed by atoms with Crippen LogP contribution in [0.1, 0.15) is 46.5 Å². The summed E-state index contributed by atoms with van der Waals surface area (Å²) in [6.45, 7) is 8.80. The molecule has 0 aliphatic heterocycles. The normalized spacial score (nSPS) is 19.7. The third-order valence-electron chi connectivity index (χ3n) is 2.82. The molecule has 1 fully saturated rings. The Bertz CT molecular complexity index is 143. The third-order valence-corrected chi connectivity index (χ3v) is 2.82. The van der Waals surface area contributed by atoms with Crippen molar-refractivity contribution in [1.82, 2.24) is 5.32 Å². The van der Waals surface area contributed by atoms with Gasteiger partial charge in [-0.05, 0) is 38.1 Å². The molecule has 0 bridgehead atoms. The summed E-state index contributed by atoms with van der Waals surface area (Å²) in [5.41, 5.74) is 0. The van der Waals surface area contributed by atoms with Crippen molar-refractivity contribution in [3.63, 3.8) is 0 Å². The predicted octanol–water partition coefficient (Wildman–Crippen LogP) is 2.58. The fourth-order valence-corrected chi connectivity index (χ4v) is 1.60. The third kappa shape index (κ3) is 4.43. The van der Waals surface area contributed by atoms with Crippen LogP contribution in [0.5, 0.6) is 0 Å². The molecule has 2 nitrogen and oxygen atoms in total. The molecular formula is C12H25NO. The van der Waals surface area contributed by atoms with Gasteiger partial charge in [-0.3, -0.25) is 0 Å². The lowest BCUT2D eigenvalue weighted by Crippen LogP contribution is -2.35. The second kappa shape index (κ2) is 6.41. The minimum absolute atomic E-state index is 0.430. The highest BCUT2D eigenvalue weighted by Crippen LogP contribution is 2.23. The monoisotopic (exact) mass is 199 g/mol. The smallest absolute Gasteiger partial charge is 0.0700 e. The molecule has 1 rings (SSSR count). The van der Waals surface area contributed by atoms with E-state index < -0.39 is 0 Å². The zero-order valence-electron chi connectivity index (χ0n) is 9.88. The summed E-state index contributed by atoms with van der Waals surface area (Å²) in [7, 11) is 0. The van der Waals surface area contributed by atoms with Crippen LogP contribution in [0.3, 0.4) is 0 Å². The van der Waals surface area contributed by atoms with Crippen molar-refractivity contribution in [3.05, 3.63) is 0 Å². The maximum Gasteiger partial charge on any atom is 0.0700 e. The van der Waals surface area contributed by atoms with E-state index in [0.717, 1.165) is 25.4 Å². The van der Waals surface area contributed by atoms with E-state index in [1.54, 1.807) is 0 Å². The zero-order chi connectivity index (χ0) is 10.4. The van der Waals surface area contributed by atoms with Gasteiger partial charge in [0, 0.05) is 6.54 Å². The first kappa shape index (κ1) is 12.0. The van der Waals surface area contributed by atoms with E-state index in [-0.39, 0.29) is 0 Å². The number of ether oxygens (including phenoxy) is 1. The van der Waals surface area contributed by atoms with Gasteiger partial charge in [-0.15, -0.1) is 0 Å². The van der Waals surface area contributed by atoms with Crippen molar-refractivity contribution in [2.75, 3.05) is 13.1 Å². The lowest BCUT2D eigenvalue weighted by Gasteiger charge is -2.30. The topological polar surface area (TPSA) is 21.3 Å². The summed E-state index contributed by atoms with van der Waals surface area (Å²) in [4.78, 5) is 0. The van der Waals surface area contributed by atoms with Crippen molar-refractivity contribution >= 4 is 0 Å². The van der Waals surface area contributed by atoms with Gasteiger partial charge in [0.05, 0.1) is 12.2 Å². The minimum Gasteiger partial charge on any atom is -0.374 e. The van der Waals surface area contributed by atoms with E-state index in [2.05, 4.69) is 26.1 Å². The highest BCUT2D eigenvalue weighted by molar-refractivity contribution is 4.72. The molecule has 84 valence electrons. The van der Waals surface area contributed by atoms with E-state index >= 15 is 0 Å². The standard InChI is InChI=1S/C12H25NO/c1-4-11(9-13-8-10(2)3)14-12-6-5-7-12/h10-13H,4-9H2,1-3H3. The van der Waals surface area contributed by atoms with Crippen LogP contribution in [0.2, 0.25) is 0 Å². The van der Waals surface area contributed by atoms with Crippen molar-refractivity contribution in [2.45, 2.75) is 58.7 Å². The Morgan fingerprint density at radius 3 is 2.43 bits per heavy atom. The quantitative estimate of drug-likeness (QED) is 0.680. The Balaban J connectivity index is 2.04. The van der Waals surface area contributed by atoms with Gasteiger partial charge < -0.3 is 10.1 Å². The molecule has 0 heterocycles. The predicted molar refractivity (Wildman–Crippen MR) is 60.5 cm³/mol. The van der Waals surface area contributed by atoms with Gasteiger partial charge in [0.1, 0.15) is 0 Å². The first-order chi connectivity index (χ1) is 6.72. The first-order valence-corrected chi connectivity index (χ1v) is 6.08. The molecule has 0 saturated heterocycles. The van der Waals surface area contributed by atoms with Crippen LogP contribution in [0, 0.1) is 5.92 Å². The number of rotatable bonds is 7. The van der Waals surface area contributed by atoms with Crippen molar-refractivity contribution < 1.29 is 4.74 Å². The first-order valence-electron chi connectivity index (χ1n) is 6.08. The maximum absolute atomic E-state index is 5.95. The van der Waals surface area contributed by atoms with Crippen LogP contribution >= 0.6 is 0 Å². The van der Waals surface area contributed by atoms with Crippen molar-refractivity contribution in [2.24, 2.45) is 5.92 Å². The van der Waals surface area contributed by atoms with Crippen LogP contribution in [0.4, 0.5) is 0 Å². The van der Waals surface area contributed by atoms with Crippen LogP contribution < -0.4 is 5.32 Å². The number of nitrogens with one attached hydrogen (secondary N) is 1. The largest absolute Gasteiger partial charge is 0.374 e. The molecule has 0 amide bonds. The lowest BCUT2D eigenvalue weighted by molar-refractivity contribution is -0.0513. The van der Waals surface area contributed by atoms with Crippen LogP contribution in [0.15, 0.2) is 0 Å². The van der Waals surface area contributed by atoms with Crippen LogP contribution in [-0.2, 0) is 4.74 Å². The zero-order valence-corrected chi connectivity index (χ0v) is 9.88. The summed E-state index contributed by atoms with van der Waals surface area (Å²) < 4.78 is 5.95. The molecular weight excluding hydrogens is 174 g/mol. The molecule has 1 aliphatic rings. The average Bonchev–Trinajstić information content (AvgIpc) is 2.07. The number of hydrogen-bond donors (Lipinski definition) is 1. The average molecular weight is 199 g/mol. The molecule has 2 heteroatoms. The van der Waals surface area contributed by atoms with Gasteiger partial charge in [0.25, 0.3) is 0 Å². The van der Waals surface area contributed by atoms with E-state index in [1.807, 2.05) is 0 Å². The SMILES string of the molecule is CCC(CNCC(C)C)OC1CCC1. The van der Waals surface area contributed by atoms with E-state index in [1.165, 1.54) is 19.3 Å². The summed E-state index contributed by atoms with van der Waals surface area (Å²) >= 11 is 0. The Labute approximate surface area is 88.4 Å². The molecule has 1 saturated carbocycles. The van der Waals surface area contributed by atoms with Crippen LogP contribution in [-0.4, -0.2) is 25.3 Å². The Morgan fingerprint density at radius 2 is 2.00 bits per heavy atom. The second-order valence-electron chi connectivity index (χ2n) is 4.77. The van der Waals surface area contributed by atoms with Gasteiger partial charge in [-0.2, -0.15) is 0 Å². The highest BCUT2D eigenvalue weighted by atomic mass is 16.5. The molecule has 0 aromatic heterocycles. The molecule has 1 aliphatic carbocycles. The van der Waals surface area contributed by atoms with Gasteiger partial charge >= 0.3 is 0 Å². The molecule has 0 aromatic rings. The molecule has 1 atom stereocenters. The van der Waals surface area contributed by atoms with E-state index in [0.29, 0.717) is 12.2 Å². The highest BCUT2D eigenvalue weighted by Gasteiger charge is 2.21. The van der Waals surface area contributed by atoms with Gasteiger partial charge in [0.15, 0.2) is 0 Å². The van der Waals surface area contributed by atoms with Crippen molar-refractivity contribution in [3.8, 4) is 0 Å². The Morgan fingerprint density at radius 1 is 1.29 bits per heavy atom. The fraction of sp³-hybridized carbons (Fsp3) is 1.00. The summed E-state index contributed by atoms with van der Waals surface area (Å²) in [6, 6.07) is 0. The maximum atomic E-state index is 5.95. The van der Waals surface area contributed by atoms with Crippen molar-refractivity contribution in [1.29, 1.82) is 0 Å². The summed E-state index contributed by atoms with van der Waals surface area (Å²) in [5.74, 6) is 0.733. The molecule has 0 aromatic carbocycles. The number of hydrogen-bond acceptors (Lipinski definition) is 2. The molecule has 14 heavy (non-hydrogen) atoms. The fourth-order valence-electron chi connectivity index (χ4n) is 1.60. The van der Waals surface area contributed by atoms with E-state index in [9.17, 15) is 0 Å². The summed E-state index contributed by atoms with van der Waals surface area (Å²) in [5, 5.41) is 3.46. The molecule has 1 unspecified atom stereocenters. The van der Waals surface area contributed by atoms with Gasteiger partial charge in [0.2, 0.25) is 0 Å². The van der Waals surface area contributed by atoms with Gasteiger partial charge in [-0.25, -0.2) is 0 Å². The Kier molecular flexibility index (Phi) is 5.49.